The van der Waals surface area contributed by atoms with Crippen molar-refractivity contribution in [3.05, 3.63) is 0 Å². The molecule has 1 N–H and O–H groups in total. The molecule has 0 aliphatic rings. The van der Waals surface area contributed by atoms with Crippen molar-refractivity contribution in [2.75, 3.05) is 26.2 Å². The summed E-state index contributed by atoms with van der Waals surface area (Å²) in [6, 6.07) is -0.0773. The Morgan fingerprint density at radius 1 is 1.27 bits per heavy atom. The second kappa shape index (κ2) is 7.06. The maximum atomic E-state index is 12.2. The first kappa shape index (κ1) is 14.7. The highest BCUT2D eigenvalue weighted by molar-refractivity contribution is 4.72. The third-order valence-electron chi connectivity index (χ3n) is 2.21. The molecule has 1 unspecified atom stereocenters. The quantitative estimate of drug-likeness (QED) is 0.716. The Kier molecular flexibility index (Phi) is 6.92. The molecule has 0 heterocycles. The monoisotopic (exact) mass is 226 g/mol. The van der Waals surface area contributed by atoms with Gasteiger partial charge >= 0.3 is 6.18 Å². The molecule has 15 heavy (non-hydrogen) atoms. The van der Waals surface area contributed by atoms with E-state index in [-0.39, 0.29) is 6.04 Å². The molecule has 1 atom stereocenters. The molecule has 0 amide bonds. The van der Waals surface area contributed by atoms with Gasteiger partial charge in [0.1, 0.15) is 0 Å². The largest absolute Gasteiger partial charge is 0.401 e. The van der Waals surface area contributed by atoms with Crippen LogP contribution in [0.15, 0.2) is 0 Å². The molecule has 0 bridgehead atoms. The van der Waals surface area contributed by atoms with Crippen LogP contribution < -0.4 is 5.32 Å². The first-order valence-corrected chi connectivity index (χ1v) is 5.42. The van der Waals surface area contributed by atoms with Crippen LogP contribution in [0, 0.1) is 0 Å². The van der Waals surface area contributed by atoms with E-state index in [2.05, 4.69) is 5.32 Å². The van der Waals surface area contributed by atoms with Gasteiger partial charge in [-0.1, -0.05) is 13.8 Å². The van der Waals surface area contributed by atoms with Gasteiger partial charge in [0.25, 0.3) is 0 Å². The Balaban J connectivity index is 4.12. The Labute approximate surface area is 89.8 Å². The Morgan fingerprint density at radius 2 is 1.87 bits per heavy atom. The van der Waals surface area contributed by atoms with Crippen LogP contribution in [0.5, 0.6) is 0 Å². The lowest BCUT2D eigenvalue weighted by Gasteiger charge is -2.29. The fraction of sp³-hybridized carbons (Fsp3) is 1.00. The molecule has 0 aromatic rings. The molecule has 92 valence electrons. The summed E-state index contributed by atoms with van der Waals surface area (Å²) in [5.41, 5.74) is 0. The molecule has 0 aliphatic carbocycles. The molecule has 5 heteroatoms. The van der Waals surface area contributed by atoms with E-state index >= 15 is 0 Å². The second-order valence-electron chi connectivity index (χ2n) is 3.74. The van der Waals surface area contributed by atoms with E-state index in [1.54, 1.807) is 0 Å². The number of nitrogens with zero attached hydrogens (tertiary/aromatic N) is 1. The van der Waals surface area contributed by atoms with Crippen LogP contribution in [0.1, 0.15) is 27.2 Å². The molecule has 0 spiro atoms. The minimum atomic E-state index is -4.10. The lowest BCUT2D eigenvalue weighted by atomic mass is 10.2. The smallest absolute Gasteiger partial charge is 0.315 e. The molecule has 0 aliphatic heterocycles. The Hall–Kier alpha value is -0.290. The predicted molar refractivity (Wildman–Crippen MR) is 55.9 cm³/mol. The maximum absolute atomic E-state index is 12.2. The first-order chi connectivity index (χ1) is 6.90. The molecule has 0 fully saturated rings. The van der Waals surface area contributed by atoms with E-state index in [0.717, 1.165) is 13.0 Å². The van der Waals surface area contributed by atoms with Gasteiger partial charge in [0.05, 0.1) is 6.54 Å². The minimum absolute atomic E-state index is 0.0773. The molecule has 0 aromatic heterocycles. The van der Waals surface area contributed by atoms with E-state index in [9.17, 15) is 13.2 Å². The highest BCUT2D eigenvalue weighted by Crippen LogP contribution is 2.18. The van der Waals surface area contributed by atoms with Crippen LogP contribution >= 0.6 is 0 Å². The van der Waals surface area contributed by atoms with E-state index in [4.69, 9.17) is 0 Å². The van der Waals surface area contributed by atoms with Crippen molar-refractivity contribution >= 4 is 0 Å². The fourth-order valence-corrected chi connectivity index (χ4v) is 1.46. The molecule has 2 nitrogen and oxygen atoms in total. The summed E-state index contributed by atoms with van der Waals surface area (Å²) in [6.07, 6.45) is -3.36. The number of rotatable bonds is 7. The Bertz CT molecular complexity index is 159. The third-order valence-corrected chi connectivity index (χ3v) is 2.21. The van der Waals surface area contributed by atoms with Gasteiger partial charge in [0.2, 0.25) is 0 Å². The highest BCUT2D eigenvalue weighted by atomic mass is 19.4. The molecular formula is C10H21F3N2. The van der Waals surface area contributed by atoms with Crippen molar-refractivity contribution in [1.29, 1.82) is 0 Å². The summed E-state index contributed by atoms with van der Waals surface area (Å²) in [5, 5.41) is 3.06. The van der Waals surface area contributed by atoms with E-state index < -0.39 is 12.7 Å². The normalized spacial score (nSPS) is 14.6. The highest BCUT2D eigenvalue weighted by Gasteiger charge is 2.32. The van der Waals surface area contributed by atoms with Crippen LogP contribution in [0.3, 0.4) is 0 Å². The van der Waals surface area contributed by atoms with Gasteiger partial charge in [-0.2, -0.15) is 13.2 Å². The summed E-state index contributed by atoms with van der Waals surface area (Å²) in [6.45, 7) is 6.73. The van der Waals surface area contributed by atoms with Crippen LogP contribution in [0.4, 0.5) is 13.2 Å². The average Bonchev–Trinajstić information content (AvgIpc) is 2.11. The predicted octanol–water partition coefficient (Wildman–Crippen LogP) is 2.26. The number of hydrogen-bond acceptors (Lipinski definition) is 2. The summed E-state index contributed by atoms with van der Waals surface area (Å²) < 4.78 is 36.7. The average molecular weight is 226 g/mol. The number of nitrogens with one attached hydrogen (secondary N) is 1. The van der Waals surface area contributed by atoms with Crippen molar-refractivity contribution in [3.63, 3.8) is 0 Å². The van der Waals surface area contributed by atoms with Gasteiger partial charge in [0, 0.05) is 12.6 Å². The van der Waals surface area contributed by atoms with Crippen LogP contribution in [-0.2, 0) is 0 Å². The van der Waals surface area contributed by atoms with Crippen LogP contribution in [-0.4, -0.2) is 43.3 Å². The lowest BCUT2D eigenvalue weighted by molar-refractivity contribution is -0.150. The van der Waals surface area contributed by atoms with Gasteiger partial charge in [-0.05, 0) is 26.4 Å². The van der Waals surface area contributed by atoms with Crippen molar-refractivity contribution in [2.24, 2.45) is 0 Å². The van der Waals surface area contributed by atoms with Gasteiger partial charge in [-0.15, -0.1) is 0 Å². The zero-order valence-corrected chi connectivity index (χ0v) is 9.69. The van der Waals surface area contributed by atoms with E-state index in [0.29, 0.717) is 13.1 Å². The summed E-state index contributed by atoms with van der Waals surface area (Å²) in [5.74, 6) is 0. The zero-order valence-electron chi connectivity index (χ0n) is 9.69. The minimum Gasteiger partial charge on any atom is -0.315 e. The third kappa shape index (κ3) is 7.62. The molecule has 0 saturated heterocycles. The van der Waals surface area contributed by atoms with Crippen molar-refractivity contribution < 1.29 is 13.2 Å². The van der Waals surface area contributed by atoms with E-state index in [1.165, 1.54) is 4.90 Å². The topological polar surface area (TPSA) is 15.3 Å². The summed E-state index contributed by atoms with van der Waals surface area (Å²) in [7, 11) is 0. The van der Waals surface area contributed by atoms with Crippen molar-refractivity contribution in [1.82, 2.24) is 10.2 Å². The Morgan fingerprint density at radius 3 is 2.27 bits per heavy atom. The number of hydrogen-bond donors (Lipinski definition) is 1. The molecule has 0 rings (SSSR count). The van der Waals surface area contributed by atoms with Gasteiger partial charge in [-0.25, -0.2) is 0 Å². The lowest BCUT2D eigenvalue weighted by Crippen LogP contribution is -2.45. The van der Waals surface area contributed by atoms with Crippen LogP contribution in [0.25, 0.3) is 0 Å². The zero-order chi connectivity index (χ0) is 11.9. The molecule has 0 saturated carbocycles. The number of halogens is 3. The first-order valence-electron chi connectivity index (χ1n) is 5.42. The van der Waals surface area contributed by atoms with Gasteiger partial charge in [0.15, 0.2) is 0 Å². The summed E-state index contributed by atoms with van der Waals surface area (Å²) >= 11 is 0. The number of likely N-dealkylation sites (N-methyl/N-ethyl adjacent to an activating group) is 1. The van der Waals surface area contributed by atoms with Gasteiger partial charge < -0.3 is 5.32 Å². The van der Waals surface area contributed by atoms with Crippen molar-refractivity contribution in [2.45, 2.75) is 39.4 Å². The molecule has 0 aromatic carbocycles. The standard InChI is InChI=1S/C10H21F3N2/c1-4-6-15(8-10(11,12)13)9(3)7-14-5-2/h9,14H,4-8H2,1-3H3. The van der Waals surface area contributed by atoms with Crippen LogP contribution in [0.2, 0.25) is 0 Å². The molecular weight excluding hydrogens is 205 g/mol. The SMILES string of the molecule is CCCN(CC(F)(F)F)C(C)CNCC. The molecule has 0 radical (unpaired) electrons. The van der Waals surface area contributed by atoms with E-state index in [1.807, 2.05) is 20.8 Å². The van der Waals surface area contributed by atoms with Crippen molar-refractivity contribution in [3.8, 4) is 0 Å². The van der Waals surface area contributed by atoms with Gasteiger partial charge in [-0.3, -0.25) is 4.90 Å². The second-order valence-corrected chi connectivity index (χ2v) is 3.74. The maximum Gasteiger partial charge on any atom is 0.401 e. The number of alkyl halides is 3. The summed E-state index contributed by atoms with van der Waals surface area (Å²) in [4.78, 5) is 1.47. The fourth-order valence-electron chi connectivity index (χ4n) is 1.46.